The Bertz CT molecular complexity index is 1360. The van der Waals surface area contributed by atoms with Crippen molar-refractivity contribution in [1.82, 2.24) is 24.6 Å². The monoisotopic (exact) mass is 676 g/mol. The van der Waals surface area contributed by atoms with Gasteiger partial charge in [0.15, 0.2) is 0 Å². The quantitative estimate of drug-likeness (QED) is 0.211. The Hall–Kier alpha value is -4.20. The summed E-state index contributed by atoms with van der Waals surface area (Å²) in [5.74, 6) is 1.33. The van der Waals surface area contributed by atoms with Crippen LogP contribution in [0.25, 0.3) is 0 Å². The highest BCUT2D eigenvalue weighted by molar-refractivity contribution is 5.98. The van der Waals surface area contributed by atoms with Crippen molar-refractivity contribution >= 4 is 11.8 Å². The molecule has 5 heterocycles. The van der Waals surface area contributed by atoms with E-state index in [4.69, 9.17) is 4.42 Å². The van der Waals surface area contributed by atoms with Gasteiger partial charge in [-0.15, -0.1) is 0 Å². The average molecular weight is 676 g/mol. The molecule has 0 atom stereocenters. The zero-order chi connectivity index (χ0) is 36.7. The summed E-state index contributed by atoms with van der Waals surface area (Å²) >= 11 is 0. The summed E-state index contributed by atoms with van der Waals surface area (Å²) in [7, 11) is 0. The number of carbonyl (C=O) groups excluding carboxylic acids is 2. The molecule has 8 nitrogen and oxygen atoms in total. The molecule has 2 aliphatic heterocycles. The van der Waals surface area contributed by atoms with Crippen LogP contribution in [0.1, 0.15) is 142 Å². The minimum atomic E-state index is 0. The van der Waals surface area contributed by atoms with Crippen LogP contribution >= 0.6 is 0 Å². The minimum absolute atomic E-state index is 0. The number of nitrogens with zero attached hydrogens (tertiary/aromatic N) is 5. The van der Waals surface area contributed by atoms with E-state index in [0.29, 0.717) is 12.6 Å². The Kier molecular flexibility index (Phi) is 19.2. The van der Waals surface area contributed by atoms with Gasteiger partial charge in [-0.05, 0) is 90.4 Å². The van der Waals surface area contributed by atoms with Gasteiger partial charge in [0.2, 0.25) is 0 Å². The Morgan fingerprint density at radius 2 is 1.24 bits per heavy atom. The predicted molar refractivity (Wildman–Crippen MR) is 205 cm³/mol. The third-order valence-electron chi connectivity index (χ3n) is 7.25. The summed E-state index contributed by atoms with van der Waals surface area (Å²) < 4.78 is 7.14. The molecule has 0 bridgehead atoms. The normalized spacial score (nSPS) is 12.7. The van der Waals surface area contributed by atoms with Crippen molar-refractivity contribution in [2.24, 2.45) is 0 Å². The third kappa shape index (κ3) is 13.3. The van der Waals surface area contributed by atoms with Crippen LogP contribution < -0.4 is 0 Å². The molecule has 0 saturated heterocycles. The summed E-state index contributed by atoms with van der Waals surface area (Å²) in [6, 6.07) is 17.9. The number of hydrogen-bond acceptors (Lipinski definition) is 5. The largest absolute Gasteiger partial charge is 0.469 e. The van der Waals surface area contributed by atoms with Gasteiger partial charge in [-0.25, -0.2) is 0 Å². The first-order valence-corrected chi connectivity index (χ1v) is 17.3. The molecule has 0 radical (unpaired) electrons. The molecule has 0 saturated carbocycles. The fourth-order valence-corrected chi connectivity index (χ4v) is 4.63. The van der Waals surface area contributed by atoms with E-state index in [1.807, 2.05) is 125 Å². The van der Waals surface area contributed by atoms with Crippen molar-refractivity contribution in [2.45, 2.75) is 140 Å². The molecule has 49 heavy (non-hydrogen) atoms. The molecule has 0 aliphatic carbocycles. The van der Waals surface area contributed by atoms with Crippen molar-refractivity contribution in [3.8, 4) is 0 Å². The molecule has 2 amide bonds. The van der Waals surface area contributed by atoms with Crippen LogP contribution in [0.2, 0.25) is 0 Å². The first kappa shape index (κ1) is 44.8. The predicted octanol–water partition coefficient (Wildman–Crippen LogP) is 10.4. The SMILES string of the molecule is C.CC.CC.CC(C)(C)c1ccco1.CC(C)(C)n1cccn1.CC(C)N1Cc2ccccc2C1=O.CC(C)N1Cc2ncccc2C1=O. The van der Waals surface area contributed by atoms with Gasteiger partial charge in [0, 0.05) is 48.2 Å². The number of fused-ring (bicyclic) bond motifs is 2. The Morgan fingerprint density at radius 3 is 1.65 bits per heavy atom. The summed E-state index contributed by atoms with van der Waals surface area (Å²) in [4.78, 5) is 31.4. The van der Waals surface area contributed by atoms with E-state index in [9.17, 15) is 9.59 Å². The highest BCUT2D eigenvalue weighted by Gasteiger charge is 2.30. The number of hydrogen-bond donors (Lipinski definition) is 0. The van der Waals surface area contributed by atoms with Gasteiger partial charge < -0.3 is 14.2 Å². The summed E-state index contributed by atoms with van der Waals surface area (Å²) in [5.41, 5.74) is 3.97. The first-order chi connectivity index (χ1) is 22.6. The summed E-state index contributed by atoms with van der Waals surface area (Å²) in [6.45, 7) is 30.3. The third-order valence-corrected chi connectivity index (χ3v) is 7.25. The van der Waals surface area contributed by atoms with Crippen LogP contribution in [0.3, 0.4) is 0 Å². The molecule has 6 rings (SSSR count). The molecular weight excluding hydrogens is 610 g/mol. The van der Waals surface area contributed by atoms with E-state index < -0.39 is 0 Å². The van der Waals surface area contributed by atoms with Crippen LogP contribution in [-0.4, -0.2) is 48.5 Å². The molecule has 2 aliphatic rings. The lowest BCUT2D eigenvalue weighted by Crippen LogP contribution is -2.30. The maximum atomic E-state index is 11.8. The molecule has 0 unspecified atom stereocenters. The van der Waals surface area contributed by atoms with Gasteiger partial charge in [-0.2, -0.15) is 5.10 Å². The first-order valence-electron chi connectivity index (χ1n) is 17.3. The lowest BCUT2D eigenvalue weighted by Gasteiger charge is -2.19. The number of aromatic nitrogens is 3. The highest BCUT2D eigenvalue weighted by Crippen LogP contribution is 2.24. The van der Waals surface area contributed by atoms with E-state index in [2.05, 4.69) is 51.6 Å². The summed E-state index contributed by atoms with van der Waals surface area (Å²) in [5, 5.41) is 4.10. The van der Waals surface area contributed by atoms with Crippen molar-refractivity contribution in [3.05, 3.63) is 108 Å². The molecular formula is C41H65N5O3. The van der Waals surface area contributed by atoms with E-state index in [-0.39, 0.29) is 36.2 Å². The van der Waals surface area contributed by atoms with Gasteiger partial charge in [-0.1, -0.05) is 74.1 Å². The van der Waals surface area contributed by atoms with E-state index in [1.54, 1.807) is 24.7 Å². The van der Waals surface area contributed by atoms with Gasteiger partial charge >= 0.3 is 0 Å². The van der Waals surface area contributed by atoms with Gasteiger partial charge in [-0.3, -0.25) is 19.3 Å². The molecule has 3 aromatic heterocycles. The second kappa shape index (κ2) is 21.0. The average Bonchev–Trinajstić information content (AvgIpc) is 3.88. The molecule has 0 N–H and O–H groups in total. The van der Waals surface area contributed by atoms with E-state index in [0.717, 1.165) is 34.7 Å². The van der Waals surface area contributed by atoms with Crippen molar-refractivity contribution < 1.29 is 14.0 Å². The standard InChI is InChI=1S/C11H13NO.C10H12N2O.C8H12O.C7H12N2.2C2H6.CH4/c1-8(2)12-7-9-5-3-4-6-10(9)11(12)13;1-7(2)12-6-9-8(10(12)13)4-3-5-11-9;1-8(2,3)7-5-4-6-9-7;1-7(2,3)9-6-4-5-8-9;2*1-2;/h3-6,8H,7H2,1-2H3;3-5,7H,6H2,1-2H3;2*4-6H,1-3H3;2*1-2H3;1H4. The lowest BCUT2D eigenvalue weighted by molar-refractivity contribution is 0.0722. The zero-order valence-corrected chi connectivity index (χ0v) is 32.0. The van der Waals surface area contributed by atoms with Gasteiger partial charge in [0.25, 0.3) is 11.8 Å². The number of furan rings is 1. The number of carbonyl (C=O) groups is 2. The lowest BCUT2D eigenvalue weighted by atomic mass is 9.94. The maximum Gasteiger partial charge on any atom is 0.256 e. The fraction of sp³-hybridized carbons (Fsp3) is 0.512. The molecule has 0 spiro atoms. The van der Waals surface area contributed by atoms with Gasteiger partial charge in [0.1, 0.15) is 5.76 Å². The highest BCUT2D eigenvalue weighted by atomic mass is 16.3. The van der Waals surface area contributed by atoms with Gasteiger partial charge in [0.05, 0.1) is 29.6 Å². The summed E-state index contributed by atoms with van der Waals surface area (Å²) in [6.07, 6.45) is 7.21. The van der Waals surface area contributed by atoms with Crippen LogP contribution in [0.4, 0.5) is 0 Å². The molecule has 0 fully saturated rings. The van der Waals surface area contributed by atoms with Crippen molar-refractivity contribution in [3.63, 3.8) is 0 Å². The van der Waals surface area contributed by atoms with Crippen LogP contribution in [0.15, 0.2) is 83.9 Å². The topological polar surface area (TPSA) is 84.5 Å². The minimum Gasteiger partial charge on any atom is -0.469 e. The molecule has 272 valence electrons. The van der Waals surface area contributed by atoms with Crippen molar-refractivity contribution in [2.75, 3.05) is 0 Å². The van der Waals surface area contributed by atoms with E-state index >= 15 is 0 Å². The molecule has 4 aromatic rings. The van der Waals surface area contributed by atoms with Crippen molar-refractivity contribution in [1.29, 1.82) is 0 Å². The van der Waals surface area contributed by atoms with Crippen LogP contribution in [0.5, 0.6) is 0 Å². The number of pyridine rings is 1. The number of benzene rings is 1. The zero-order valence-electron chi connectivity index (χ0n) is 32.0. The van der Waals surface area contributed by atoms with Crippen LogP contribution in [0, 0.1) is 0 Å². The Balaban J connectivity index is 0.000000610. The molecule has 1 aromatic carbocycles. The second-order valence-corrected chi connectivity index (χ2v) is 13.6. The second-order valence-electron chi connectivity index (χ2n) is 13.6. The Morgan fingerprint density at radius 1 is 0.694 bits per heavy atom. The van der Waals surface area contributed by atoms with E-state index in [1.165, 1.54) is 0 Å². The molecule has 8 heteroatoms. The number of amides is 2. The fourth-order valence-electron chi connectivity index (χ4n) is 4.63. The Labute approximate surface area is 297 Å². The number of rotatable bonds is 2. The maximum absolute atomic E-state index is 11.8. The smallest absolute Gasteiger partial charge is 0.256 e. The van der Waals surface area contributed by atoms with Crippen LogP contribution in [-0.2, 0) is 24.0 Å².